The first-order valence-electron chi connectivity index (χ1n) is 6.58. The zero-order valence-electron chi connectivity index (χ0n) is 11.5. The van der Waals surface area contributed by atoms with Gasteiger partial charge in [-0.05, 0) is 19.4 Å². The number of rotatable bonds is 4. The molecule has 8 nitrogen and oxygen atoms in total. The average molecular weight is 309 g/mol. The highest BCUT2D eigenvalue weighted by atomic mass is 32.2. The van der Waals surface area contributed by atoms with Crippen LogP contribution >= 0.6 is 0 Å². The highest BCUT2D eigenvalue weighted by Gasteiger charge is 2.27. The van der Waals surface area contributed by atoms with Gasteiger partial charge in [0.05, 0.1) is 18.1 Å². The number of aromatic nitrogens is 4. The molecule has 3 rings (SSSR count). The fourth-order valence-electron chi connectivity index (χ4n) is 2.20. The minimum absolute atomic E-state index is 0.0494. The Kier molecular flexibility index (Phi) is 3.68. The molecule has 112 valence electrons. The zero-order valence-corrected chi connectivity index (χ0v) is 12.3. The van der Waals surface area contributed by atoms with E-state index >= 15 is 0 Å². The van der Waals surface area contributed by atoms with Gasteiger partial charge in [0.25, 0.3) is 0 Å². The normalized spacial score (nSPS) is 20.7. The van der Waals surface area contributed by atoms with E-state index in [1.54, 1.807) is 19.2 Å². The smallest absolute Gasteiger partial charge is 0.240 e. The summed E-state index contributed by atoms with van der Waals surface area (Å²) >= 11 is 0. The number of aryl methyl sites for hydroxylation is 1. The minimum atomic E-state index is -2.89. The summed E-state index contributed by atoms with van der Waals surface area (Å²) in [5.74, 6) is 1.84. The van der Waals surface area contributed by atoms with Gasteiger partial charge < -0.3 is 9.84 Å². The maximum atomic E-state index is 11.4. The summed E-state index contributed by atoms with van der Waals surface area (Å²) in [6.07, 6.45) is 2.25. The van der Waals surface area contributed by atoms with Crippen molar-refractivity contribution in [2.45, 2.75) is 25.9 Å². The first-order chi connectivity index (χ1) is 10.0. The first-order valence-corrected chi connectivity index (χ1v) is 8.40. The van der Waals surface area contributed by atoms with E-state index in [9.17, 15) is 8.42 Å². The van der Waals surface area contributed by atoms with Crippen molar-refractivity contribution >= 4 is 9.84 Å². The van der Waals surface area contributed by atoms with E-state index in [0.717, 1.165) is 0 Å². The molecule has 3 heterocycles. The SMILES string of the molecule is Cc1nccc(-c2noc(CNC3CCS(=O)(=O)C3)n2)n1. The Bertz CT molecular complexity index is 743. The third-order valence-corrected chi connectivity index (χ3v) is 5.02. The molecule has 1 N–H and O–H groups in total. The van der Waals surface area contributed by atoms with Crippen LogP contribution in [0.15, 0.2) is 16.8 Å². The molecule has 1 aliphatic rings. The second-order valence-electron chi connectivity index (χ2n) is 4.98. The van der Waals surface area contributed by atoms with Gasteiger partial charge in [-0.15, -0.1) is 0 Å². The fraction of sp³-hybridized carbons (Fsp3) is 0.500. The largest absolute Gasteiger partial charge is 0.337 e. The molecular formula is C12H15N5O3S. The lowest BCUT2D eigenvalue weighted by Crippen LogP contribution is -2.29. The van der Waals surface area contributed by atoms with E-state index in [0.29, 0.717) is 36.2 Å². The van der Waals surface area contributed by atoms with E-state index in [-0.39, 0.29) is 17.5 Å². The van der Waals surface area contributed by atoms with Gasteiger partial charge >= 0.3 is 0 Å². The topological polar surface area (TPSA) is 111 Å². The molecule has 0 spiro atoms. The van der Waals surface area contributed by atoms with Crippen molar-refractivity contribution < 1.29 is 12.9 Å². The summed E-state index contributed by atoms with van der Waals surface area (Å²) in [4.78, 5) is 12.5. The van der Waals surface area contributed by atoms with Crippen molar-refractivity contribution in [3.63, 3.8) is 0 Å². The van der Waals surface area contributed by atoms with Crippen LogP contribution in [0.4, 0.5) is 0 Å². The van der Waals surface area contributed by atoms with Gasteiger partial charge in [0, 0.05) is 12.2 Å². The Morgan fingerprint density at radius 1 is 1.43 bits per heavy atom. The molecule has 0 saturated carbocycles. The van der Waals surface area contributed by atoms with Crippen molar-refractivity contribution in [2.75, 3.05) is 11.5 Å². The van der Waals surface area contributed by atoms with Crippen molar-refractivity contribution in [1.82, 2.24) is 25.4 Å². The predicted octanol–water partition coefficient (Wildman–Crippen LogP) is 0.112. The van der Waals surface area contributed by atoms with E-state index in [4.69, 9.17) is 4.52 Å². The Morgan fingerprint density at radius 3 is 3.00 bits per heavy atom. The molecule has 1 saturated heterocycles. The van der Waals surface area contributed by atoms with Crippen LogP contribution in [0.25, 0.3) is 11.5 Å². The molecule has 21 heavy (non-hydrogen) atoms. The van der Waals surface area contributed by atoms with E-state index in [2.05, 4.69) is 25.4 Å². The molecule has 0 bridgehead atoms. The summed E-state index contributed by atoms with van der Waals surface area (Å²) < 4.78 is 27.9. The van der Waals surface area contributed by atoms with E-state index in [1.165, 1.54) is 0 Å². The van der Waals surface area contributed by atoms with E-state index < -0.39 is 9.84 Å². The molecule has 1 aliphatic heterocycles. The average Bonchev–Trinajstić information content (AvgIpc) is 3.03. The molecule has 2 aromatic heterocycles. The Balaban J connectivity index is 1.63. The molecule has 0 aliphatic carbocycles. The standard InChI is InChI=1S/C12H15N5O3S/c1-8-13-4-2-10(15-8)12-16-11(20-17-12)6-14-9-3-5-21(18,19)7-9/h2,4,9,14H,3,5-7H2,1H3. The summed E-state index contributed by atoms with van der Waals surface area (Å²) in [7, 11) is -2.89. The van der Waals surface area contributed by atoms with Crippen LogP contribution in [0.1, 0.15) is 18.1 Å². The van der Waals surface area contributed by atoms with Gasteiger partial charge in [-0.2, -0.15) is 4.98 Å². The van der Waals surface area contributed by atoms with Gasteiger partial charge in [-0.1, -0.05) is 5.16 Å². The van der Waals surface area contributed by atoms with Crippen molar-refractivity contribution in [1.29, 1.82) is 0 Å². The van der Waals surface area contributed by atoms with Crippen molar-refractivity contribution in [3.05, 3.63) is 24.0 Å². The first kappa shape index (κ1) is 14.1. The Hall–Kier alpha value is -1.87. The summed E-state index contributed by atoms with van der Waals surface area (Å²) in [6.45, 7) is 2.13. The van der Waals surface area contributed by atoms with Crippen LogP contribution < -0.4 is 5.32 Å². The lowest BCUT2D eigenvalue weighted by molar-refractivity contribution is 0.360. The summed E-state index contributed by atoms with van der Waals surface area (Å²) in [5, 5.41) is 6.99. The minimum Gasteiger partial charge on any atom is -0.337 e. The molecule has 0 amide bonds. The maximum Gasteiger partial charge on any atom is 0.240 e. The van der Waals surface area contributed by atoms with Gasteiger partial charge in [-0.25, -0.2) is 18.4 Å². The summed E-state index contributed by atoms with van der Waals surface area (Å²) in [6, 6.07) is 1.66. The van der Waals surface area contributed by atoms with Crippen LogP contribution in [0.5, 0.6) is 0 Å². The molecule has 1 fully saturated rings. The summed E-state index contributed by atoms with van der Waals surface area (Å²) in [5.41, 5.74) is 0.598. The molecule has 1 unspecified atom stereocenters. The third-order valence-electron chi connectivity index (χ3n) is 3.25. The lowest BCUT2D eigenvalue weighted by atomic mass is 10.3. The van der Waals surface area contributed by atoms with Crippen LogP contribution in [0.2, 0.25) is 0 Å². The Morgan fingerprint density at radius 2 is 2.29 bits per heavy atom. The van der Waals surface area contributed by atoms with Crippen LogP contribution in [-0.4, -0.2) is 46.1 Å². The van der Waals surface area contributed by atoms with Crippen LogP contribution in [0.3, 0.4) is 0 Å². The van der Waals surface area contributed by atoms with Crippen LogP contribution in [0, 0.1) is 6.92 Å². The lowest BCUT2D eigenvalue weighted by Gasteiger charge is -2.07. The molecule has 9 heteroatoms. The number of nitrogens with one attached hydrogen (secondary N) is 1. The number of hydrogen-bond acceptors (Lipinski definition) is 8. The maximum absolute atomic E-state index is 11.4. The van der Waals surface area contributed by atoms with Gasteiger partial charge in [-0.3, -0.25) is 0 Å². The number of nitrogens with zero attached hydrogens (tertiary/aromatic N) is 4. The monoisotopic (exact) mass is 309 g/mol. The third kappa shape index (κ3) is 3.42. The van der Waals surface area contributed by atoms with Crippen molar-refractivity contribution in [3.8, 4) is 11.5 Å². The van der Waals surface area contributed by atoms with Gasteiger partial charge in [0.1, 0.15) is 11.5 Å². The highest BCUT2D eigenvalue weighted by Crippen LogP contribution is 2.14. The molecular weight excluding hydrogens is 294 g/mol. The fourth-order valence-corrected chi connectivity index (χ4v) is 3.91. The second kappa shape index (κ2) is 5.49. The molecule has 0 aromatic carbocycles. The predicted molar refractivity (Wildman–Crippen MR) is 74.0 cm³/mol. The zero-order chi connectivity index (χ0) is 14.9. The van der Waals surface area contributed by atoms with Crippen LogP contribution in [-0.2, 0) is 16.4 Å². The number of sulfone groups is 1. The van der Waals surface area contributed by atoms with E-state index in [1.807, 2.05) is 0 Å². The Labute approximate surface area is 121 Å². The van der Waals surface area contributed by atoms with Gasteiger partial charge in [0.15, 0.2) is 9.84 Å². The van der Waals surface area contributed by atoms with Gasteiger partial charge in [0.2, 0.25) is 11.7 Å². The molecule has 0 radical (unpaired) electrons. The second-order valence-corrected chi connectivity index (χ2v) is 7.21. The quantitative estimate of drug-likeness (QED) is 0.847. The molecule has 1 atom stereocenters. The molecule has 2 aromatic rings. The highest BCUT2D eigenvalue weighted by molar-refractivity contribution is 7.91. The number of hydrogen-bond donors (Lipinski definition) is 1. The van der Waals surface area contributed by atoms with Crippen molar-refractivity contribution in [2.24, 2.45) is 0 Å².